The maximum absolute atomic E-state index is 3.44. The minimum Gasteiger partial charge on any atom is -0.317 e. The molecule has 0 atom stereocenters. The van der Waals surface area contributed by atoms with Crippen molar-refractivity contribution in [2.45, 2.75) is 33.1 Å². The molecule has 0 saturated carbocycles. The van der Waals surface area contributed by atoms with E-state index in [0.717, 1.165) is 25.4 Å². The predicted molar refractivity (Wildman–Crippen MR) is 65.8 cm³/mol. The molecule has 15 heavy (non-hydrogen) atoms. The van der Waals surface area contributed by atoms with Crippen LogP contribution in [-0.4, -0.2) is 37.6 Å². The number of hydrogen-bond acceptors (Lipinski definition) is 2. The van der Waals surface area contributed by atoms with Gasteiger partial charge in [0.05, 0.1) is 0 Å². The summed E-state index contributed by atoms with van der Waals surface area (Å²) in [5, 5.41) is 3.44. The number of hydrogen-bond donors (Lipinski definition) is 1. The summed E-state index contributed by atoms with van der Waals surface area (Å²) in [6.45, 7) is 10.1. The molecule has 0 amide bonds. The smallest absolute Gasteiger partial charge is 0.0216 e. The molecule has 0 aromatic heterocycles. The number of nitrogens with one attached hydrogen (secondary N) is 1. The van der Waals surface area contributed by atoms with Gasteiger partial charge in [-0.05, 0) is 51.9 Å². The van der Waals surface area contributed by atoms with Gasteiger partial charge < -0.3 is 10.2 Å². The summed E-state index contributed by atoms with van der Waals surface area (Å²) in [7, 11) is 0. The van der Waals surface area contributed by atoms with E-state index in [-0.39, 0.29) is 0 Å². The van der Waals surface area contributed by atoms with Crippen LogP contribution < -0.4 is 5.32 Å². The predicted octanol–water partition coefficient (Wildman–Crippen LogP) is 1.72. The molecule has 0 aromatic rings. The van der Waals surface area contributed by atoms with Crippen LogP contribution in [0.15, 0.2) is 0 Å². The highest BCUT2D eigenvalue weighted by atomic mass is 15.1. The highest BCUT2D eigenvalue weighted by molar-refractivity contribution is 4.95. The summed E-state index contributed by atoms with van der Waals surface area (Å²) in [5.41, 5.74) is 0. The number of rotatable bonds is 5. The minimum absolute atomic E-state index is 0.901. The Balaban J connectivity index is 2.08. The average Bonchev–Trinajstić information content (AvgIpc) is 2.28. The first-order chi connectivity index (χ1) is 7.36. The Bertz CT molecular complexity index is 206. The van der Waals surface area contributed by atoms with Gasteiger partial charge in [-0.25, -0.2) is 0 Å². The molecular formula is C13H24N2. The van der Waals surface area contributed by atoms with Gasteiger partial charge in [0.15, 0.2) is 0 Å². The van der Waals surface area contributed by atoms with E-state index < -0.39 is 0 Å². The lowest BCUT2D eigenvalue weighted by Crippen LogP contribution is -2.37. The van der Waals surface area contributed by atoms with Crippen molar-refractivity contribution in [3.8, 4) is 11.8 Å². The summed E-state index contributed by atoms with van der Waals surface area (Å²) >= 11 is 0. The Hall–Kier alpha value is -0.520. The lowest BCUT2D eigenvalue weighted by molar-refractivity contribution is 0.186. The van der Waals surface area contributed by atoms with Crippen LogP contribution in [0.2, 0.25) is 0 Å². The highest BCUT2D eigenvalue weighted by Gasteiger charge is 2.17. The van der Waals surface area contributed by atoms with Crippen molar-refractivity contribution in [1.29, 1.82) is 0 Å². The number of nitrogens with zero attached hydrogens (tertiary/aromatic N) is 1. The van der Waals surface area contributed by atoms with E-state index in [0.29, 0.717) is 0 Å². The van der Waals surface area contributed by atoms with Crippen LogP contribution in [0, 0.1) is 17.8 Å². The first kappa shape index (κ1) is 12.5. The zero-order valence-corrected chi connectivity index (χ0v) is 10.2. The van der Waals surface area contributed by atoms with E-state index in [4.69, 9.17) is 0 Å². The number of likely N-dealkylation sites (tertiary alicyclic amines) is 1. The Kier molecular flexibility index (Phi) is 6.47. The first-order valence-corrected chi connectivity index (χ1v) is 6.19. The van der Waals surface area contributed by atoms with Crippen molar-refractivity contribution < 1.29 is 0 Å². The van der Waals surface area contributed by atoms with Gasteiger partial charge in [-0.15, -0.1) is 11.8 Å². The van der Waals surface area contributed by atoms with Crippen LogP contribution in [0.4, 0.5) is 0 Å². The van der Waals surface area contributed by atoms with Gasteiger partial charge in [-0.2, -0.15) is 0 Å². The fourth-order valence-electron chi connectivity index (χ4n) is 2.10. The lowest BCUT2D eigenvalue weighted by atomic mass is 9.97. The lowest BCUT2D eigenvalue weighted by Gasteiger charge is -2.31. The standard InChI is InChI=1S/C13H24N2/c1-3-5-6-9-15-10-7-13(8-11-15)12-14-4-2/h13-14H,4,6-12H2,1-2H3. The second-order valence-corrected chi connectivity index (χ2v) is 4.27. The van der Waals surface area contributed by atoms with Gasteiger partial charge in [0.1, 0.15) is 0 Å². The van der Waals surface area contributed by atoms with E-state index in [1.54, 1.807) is 0 Å². The van der Waals surface area contributed by atoms with E-state index in [1.165, 1.54) is 32.5 Å². The van der Waals surface area contributed by atoms with E-state index in [9.17, 15) is 0 Å². The minimum atomic E-state index is 0.901. The van der Waals surface area contributed by atoms with Crippen molar-refractivity contribution in [2.24, 2.45) is 5.92 Å². The van der Waals surface area contributed by atoms with E-state index in [2.05, 4.69) is 29.0 Å². The SMILES string of the molecule is CC#CCCN1CCC(CNCC)CC1. The molecule has 0 spiro atoms. The maximum Gasteiger partial charge on any atom is 0.0216 e. The maximum atomic E-state index is 3.44. The summed E-state index contributed by atoms with van der Waals surface area (Å²) in [4.78, 5) is 2.55. The van der Waals surface area contributed by atoms with E-state index >= 15 is 0 Å². The Morgan fingerprint density at radius 3 is 2.67 bits per heavy atom. The normalized spacial score (nSPS) is 18.5. The molecule has 1 heterocycles. The van der Waals surface area contributed by atoms with Crippen LogP contribution in [-0.2, 0) is 0 Å². The van der Waals surface area contributed by atoms with Crippen molar-refractivity contribution in [3.63, 3.8) is 0 Å². The highest BCUT2D eigenvalue weighted by Crippen LogP contribution is 2.16. The molecule has 1 fully saturated rings. The molecule has 0 aromatic carbocycles. The van der Waals surface area contributed by atoms with E-state index in [1.807, 2.05) is 6.92 Å². The first-order valence-electron chi connectivity index (χ1n) is 6.19. The van der Waals surface area contributed by atoms with Crippen LogP contribution >= 0.6 is 0 Å². The second kappa shape index (κ2) is 7.73. The Morgan fingerprint density at radius 1 is 1.33 bits per heavy atom. The van der Waals surface area contributed by atoms with Crippen LogP contribution in [0.1, 0.15) is 33.1 Å². The topological polar surface area (TPSA) is 15.3 Å². The summed E-state index contributed by atoms with van der Waals surface area (Å²) in [5.74, 6) is 7.00. The fraction of sp³-hybridized carbons (Fsp3) is 0.846. The third-order valence-corrected chi connectivity index (χ3v) is 3.12. The van der Waals surface area contributed by atoms with Gasteiger partial charge in [0.25, 0.3) is 0 Å². The quantitative estimate of drug-likeness (QED) is 0.692. The largest absolute Gasteiger partial charge is 0.317 e. The zero-order valence-electron chi connectivity index (χ0n) is 10.2. The molecule has 1 aliphatic rings. The van der Waals surface area contributed by atoms with Gasteiger partial charge in [0.2, 0.25) is 0 Å². The van der Waals surface area contributed by atoms with Crippen molar-refractivity contribution in [3.05, 3.63) is 0 Å². The monoisotopic (exact) mass is 208 g/mol. The van der Waals surface area contributed by atoms with Crippen LogP contribution in [0.25, 0.3) is 0 Å². The Morgan fingerprint density at radius 2 is 2.07 bits per heavy atom. The molecule has 0 aliphatic carbocycles. The second-order valence-electron chi connectivity index (χ2n) is 4.27. The third-order valence-electron chi connectivity index (χ3n) is 3.12. The molecule has 0 unspecified atom stereocenters. The molecule has 1 rings (SSSR count). The zero-order chi connectivity index (χ0) is 10.9. The summed E-state index contributed by atoms with van der Waals surface area (Å²) < 4.78 is 0. The van der Waals surface area contributed by atoms with Crippen molar-refractivity contribution in [2.75, 3.05) is 32.7 Å². The fourth-order valence-corrected chi connectivity index (χ4v) is 2.10. The van der Waals surface area contributed by atoms with Gasteiger partial charge in [-0.1, -0.05) is 6.92 Å². The molecule has 1 aliphatic heterocycles. The molecule has 2 nitrogen and oxygen atoms in total. The molecule has 0 bridgehead atoms. The summed E-state index contributed by atoms with van der Waals surface area (Å²) in [6.07, 6.45) is 3.74. The van der Waals surface area contributed by atoms with Crippen molar-refractivity contribution >= 4 is 0 Å². The molecule has 0 radical (unpaired) electrons. The van der Waals surface area contributed by atoms with Crippen molar-refractivity contribution in [1.82, 2.24) is 10.2 Å². The third kappa shape index (κ3) is 5.20. The molecule has 1 saturated heterocycles. The molecule has 1 N–H and O–H groups in total. The molecule has 2 heteroatoms. The van der Waals surface area contributed by atoms with Crippen LogP contribution in [0.5, 0.6) is 0 Å². The number of piperidine rings is 1. The van der Waals surface area contributed by atoms with Gasteiger partial charge >= 0.3 is 0 Å². The van der Waals surface area contributed by atoms with Gasteiger partial charge in [0, 0.05) is 13.0 Å². The summed E-state index contributed by atoms with van der Waals surface area (Å²) in [6, 6.07) is 0. The average molecular weight is 208 g/mol. The van der Waals surface area contributed by atoms with Gasteiger partial charge in [-0.3, -0.25) is 0 Å². The Labute approximate surface area is 94.4 Å². The molecular weight excluding hydrogens is 184 g/mol. The van der Waals surface area contributed by atoms with Crippen LogP contribution in [0.3, 0.4) is 0 Å². The molecule has 86 valence electrons.